The molecule has 0 bridgehead atoms. The van der Waals surface area contributed by atoms with Crippen molar-refractivity contribution < 1.29 is 0 Å². The molecule has 0 N–H and O–H groups in total. The van der Waals surface area contributed by atoms with Gasteiger partial charge in [0.1, 0.15) is 10.3 Å². The maximum atomic E-state index is 12.9. The molecule has 126 valence electrons. The van der Waals surface area contributed by atoms with Gasteiger partial charge in [-0.25, -0.2) is 4.98 Å². The van der Waals surface area contributed by atoms with Gasteiger partial charge < -0.3 is 4.57 Å². The molecule has 0 unspecified atom stereocenters. The Kier molecular flexibility index (Phi) is 4.65. The number of aromatic nitrogens is 2. The Labute approximate surface area is 155 Å². The van der Waals surface area contributed by atoms with E-state index in [1.807, 2.05) is 18.2 Å². The highest BCUT2D eigenvalue weighted by molar-refractivity contribution is 7.99. The van der Waals surface area contributed by atoms with Crippen LogP contribution in [0.25, 0.3) is 10.3 Å². The van der Waals surface area contributed by atoms with Gasteiger partial charge in [-0.15, -0.1) is 17.8 Å². The zero-order valence-electron chi connectivity index (χ0n) is 13.8. The Morgan fingerprint density at radius 3 is 2.84 bits per heavy atom. The number of nitrogens with zero attached hydrogens (tertiary/aromatic N) is 2. The van der Waals surface area contributed by atoms with Crippen molar-refractivity contribution in [1.29, 1.82) is 0 Å². The first-order valence-corrected chi connectivity index (χ1v) is 10.2. The highest BCUT2D eigenvalue weighted by Gasteiger charge is 2.21. The molecule has 0 radical (unpaired) electrons. The van der Waals surface area contributed by atoms with Crippen LogP contribution in [0.3, 0.4) is 0 Å². The van der Waals surface area contributed by atoms with E-state index >= 15 is 0 Å². The summed E-state index contributed by atoms with van der Waals surface area (Å²) in [5, 5.41) is 0.840. The number of imidazole rings is 1. The molecule has 0 amide bonds. The van der Waals surface area contributed by atoms with Crippen LogP contribution in [0.2, 0.25) is 0 Å². The Balaban J connectivity index is 1.89. The van der Waals surface area contributed by atoms with E-state index in [-0.39, 0.29) is 5.43 Å². The van der Waals surface area contributed by atoms with E-state index in [9.17, 15) is 4.79 Å². The van der Waals surface area contributed by atoms with Gasteiger partial charge in [0.15, 0.2) is 5.16 Å². The first kappa shape index (κ1) is 16.4. The maximum Gasteiger partial charge on any atom is 0.211 e. The summed E-state index contributed by atoms with van der Waals surface area (Å²) < 4.78 is 2.16. The average molecular weight is 367 g/mol. The molecule has 0 atom stereocenters. The van der Waals surface area contributed by atoms with Crippen molar-refractivity contribution in [3.05, 3.63) is 56.6 Å². The van der Waals surface area contributed by atoms with Gasteiger partial charge in [0.2, 0.25) is 5.43 Å². The molecular weight excluding hydrogens is 348 g/mol. The van der Waals surface area contributed by atoms with Gasteiger partial charge in [-0.3, -0.25) is 4.79 Å². The summed E-state index contributed by atoms with van der Waals surface area (Å²) in [6, 6.07) is 10.3. The van der Waals surface area contributed by atoms with Crippen LogP contribution in [-0.2, 0) is 19.4 Å². The second-order valence-electron chi connectivity index (χ2n) is 6.15. The first-order chi connectivity index (χ1) is 12.3. The SMILES string of the molecule is C#CCSc1nc2c(=O)c3c(sc2n1Cc1ccccc1)CCCC3. The summed E-state index contributed by atoms with van der Waals surface area (Å²) in [6.07, 6.45) is 9.60. The summed E-state index contributed by atoms with van der Waals surface area (Å²) in [5.74, 6) is 3.21. The third kappa shape index (κ3) is 3.12. The van der Waals surface area contributed by atoms with Gasteiger partial charge in [0.05, 0.1) is 12.3 Å². The van der Waals surface area contributed by atoms with Crippen LogP contribution in [0.15, 0.2) is 40.3 Å². The summed E-state index contributed by atoms with van der Waals surface area (Å²) in [5.41, 5.74) is 2.92. The smallest absolute Gasteiger partial charge is 0.211 e. The minimum absolute atomic E-state index is 0.123. The van der Waals surface area contributed by atoms with E-state index in [0.29, 0.717) is 17.8 Å². The van der Waals surface area contributed by atoms with Crippen molar-refractivity contribution in [2.75, 3.05) is 5.75 Å². The molecule has 0 fully saturated rings. The molecule has 2 aromatic heterocycles. The number of fused-ring (bicyclic) bond motifs is 2. The van der Waals surface area contributed by atoms with E-state index in [2.05, 4.69) is 27.6 Å². The molecule has 1 aliphatic rings. The largest absolute Gasteiger partial charge is 0.306 e. The molecule has 0 aliphatic heterocycles. The lowest BCUT2D eigenvalue weighted by atomic mass is 9.98. The van der Waals surface area contributed by atoms with E-state index in [1.54, 1.807) is 11.3 Å². The fraction of sp³-hybridized carbons (Fsp3) is 0.300. The predicted molar refractivity (Wildman–Crippen MR) is 106 cm³/mol. The lowest BCUT2D eigenvalue weighted by molar-refractivity contribution is 0.692. The van der Waals surface area contributed by atoms with Crippen molar-refractivity contribution in [3.63, 3.8) is 0 Å². The van der Waals surface area contributed by atoms with Crippen LogP contribution in [-0.4, -0.2) is 15.3 Å². The van der Waals surface area contributed by atoms with Crippen LogP contribution in [0, 0.1) is 12.3 Å². The molecule has 3 aromatic rings. The second kappa shape index (κ2) is 7.07. The van der Waals surface area contributed by atoms with Crippen molar-refractivity contribution in [3.8, 4) is 12.3 Å². The maximum absolute atomic E-state index is 12.9. The molecule has 5 heteroatoms. The molecule has 0 saturated carbocycles. The number of hydrogen-bond acceptors (Lipinski definition) is 4. The zero-order chi connectivity index (χ0) is 17.2. The summed E-state index contributed by atoms with van der Waals surface area (Å²) in [4.78, 5) is 19.9. The highest BCUT2D eigenvalue weighted by atomic mass is 32.2. The van der Waals surface area contributed by atoms with Crippen LogP contribution in [0.4, 0.5) is 0 Å². The quantitative estimate of drug-likeness (QED) is 0.515. The van der Waals surface area contributed by atoms with Crippen molar-refractivity contribution in [2.45, 2.75) is 37.4 Å². The molecule has 4 rings (SSSR count). The minimum atomic E-state index is 0.123. The van der Waals surface area contributed by atoms with Crippen LogP contribution >= 0.6 is 23.1 Å². The molecule has 2 heterocycles. The number of rotatable bonds is 4. The van der Waals surface area contributed by atoms with E-state index in [1.165, 1.54) is 28.6 Å². The highest BCUT2D eigenvalue weighted by Crippen LogP contribution is 2.31. The van der Waals surface area contributed by atoms with Gasteiger partial charge in [-0.1, -0.05) is 48.0 Å². The normalized spacial score (nSPS) is 13.6. The van der Waals surface area contributed by atoms with E-state index < -0.39 is 0 Å². The topological polar surface area (TPSA) is 34.9 Å². The Morgan fingerprint density at radius 2 is 2.04 bits per heavy atom. The number of benzene rings is 1. The molecule has 0 saturated heterocycles. The standard InChI is InChI=1S/C20H18N2OS2/c1-2-12-24-20-21-17-18(23)15-10-6-7-11-16(15)25-19(17)22(20)13-14-8-4-3-5-9-14/h1,3-5,8-9H,6-7,10-13H2. The minimum Gasteiger partial charge on any atom is -0.306 e. The van der Waals surface area contributed by atoms with Crippen LogP contribution in [0.1, 0.15) is 28.8 Å². The Morgan fingerprint density at radius 1 is 1.24 bits per heavy atom. The Bertz CT molecular complexity index is 1010. The third-order valence-electron chi connectivity index (χ3n) is 4.48. The summed E-state index contributed by atoms with van der Waals surface area (Å²) in [6.45, 7) is 0.707. The second-order valence-corrected chi connectivity index (χ2v) is 8.18. The summed E-state index contributed by atoms with van der Waals surface area (Å²) in [7, 11) is 0. The fourth-order valence-electron chi connectivity index (χ4n) is 3.28. The van der Waals surface area contributed by atoms with E-state index in [4.69, 9.17) is 6.42 Å². The molecule has 3 nitrogen and oxygen atoms in total. The molecule has 25 heavy (non-hydrogen) atoms. The Hall–Kier alpha value is -2.03. The average Bonchev–Trinajstić information content (AvgIpc) is 2.99. The number of aryl methyl sites for hydroxylation is 1. The predicted octanol–water partition coefficient (Wildman–Crippen LogP) is 4.11. The van der Waals surface area contributed by atoms with Gasteiger partial charge in [0.25, 0.3) is 0 Å². The monoisotopic (exact) mass is 366 g/mol. The van der Waals surface area contributed by atoms with Crippen molar-refractivity contribution in [1.82, 2.24) is 9.55 Å². The molecule has 1 aliphatic carbocycles. The van der Waals surface area contributed by atoms with Crippen molar-refractivity contribution >= 4 is 33.4 Å². The summed E-state index contributed by atoms with van der Waals surface area (Å²) >= 11 is 3.27. The number of thioether (sulfide) groups is 1. The zero-order valence-corrected chi connectivity index (χ0v) is 15.5. The van der Waals surface area contributed by atoms with Gasteiger partial charge in [0, 0.05) is 10.4 Å². The van der Waals surface area contributed by atoms with Crippen LogP contribution < -0.4 is 5.43 Å². The van der Waals surface area contributed by atoms with Crippen molar-refractivity contribution in [2.24, 2.45) is 0 Å². The number of terminal acetylenes is 1. The lowest BCUT2D eigenvalue weighted by Crippen LogP contribution is -2.15. The first-order valence-electron chi connectivity index (χ1n) is 8.43. The number of hydrogen-bond donors (Lipinski definition) is 0. The fourth-order valence-corrected chi connectivity index (χ4v) is 5.31. The molecule has 1 aromatic carbocycles. The van der Waals surface area contributed by atoms with Gasteiger partial charge in [-0.05, 0) is 31.2 Å². The van der Waals surface area contributed by atoms with Gasteiger partial charge in [-0.2, -0.15) is 0 Å². The van der Waals surface area contributed by atoms with Gasteiger partial charge >= 0.3 is 0 Å². The third-order valence-corrected chi connectivity index (χ3v) is 6.67. The van der Waals surface area contributed by atoms with E-state index in [0.717, 1.165) is 34.8 Å². The molecular formula is C20H18N2OS2. The lowest BCUT2D eigenvalue weighted by Gasteiger charge is -2.14. The van der Waals surface area contributed by atoms with Crippen LogP contribution in [0.5, 0.6) is 0 Å². The molecule has 0 spiro atoms.